The molecule has 3 aromatic carbocycles. The minimum absolute atomic E-state index is 0.131. The van der Waals surface area contributed by atoms with Crippen molar-refractivity contribution in [1.29, 1.82) is 0 Å². The molecule has 204 valence electrons. The molecule has 1 saturated heterocycles. The average Bonchev–Trinajstić information content (AvgIpc) is 3.50. The predicted molar refractivity (Wildman–Crippen MR) is 139 cm³/mol. The molecule has 6 nitrogen and oxygen atoms in total. The second-order valence-electron chi connectivity index (χ2n) is 9.56. The quantitative estimate of drug-likeness (QED) is 0.258. The summed E-state index contributed by atoms with van der Waals surface area (Å²) in [6.07, 6.45) is -3.62. The van der Waals surface area contributed by atoms with Crippen LogP contribution in [0.5, 0.6) is 11.5 Å². The van der Waals surface area contributed by atoms with E-state index in [0.717, 1.165) is 23.2 Å². The molecule has 5 rings (SSSR count). The number of amides is 1. The first-order valence-electron chi connectivity index (χ1n) is 12.1. The van der Waals surface area contributed by atoms with E-state index in [1.807, 2.05) is 19.9 Å². The molecule has 1 aliphatic heterocycles. The maximum absolute atomic E-state index is 15.8. The van der Waals surface area contributed by atoms with Crippen LogP contribution >= 0.6 is 11.6 Å². The summed E-state index contributed by atoms with van der Waals surface area (Å²) in [5.74, 6) is -1.47. The number of halogens is 5. The van der Waals surface area contributed by atoms with Gasteiger partial charge in [-0.2, -0.15) is 0 Å². The number of hydrogen-bond donors (Lipinski definition) is 1. The highest BCUT2D eigenvalue weighted by molar-refractivity contribution is 6.32. The highest BCUT2D eigenvalue weighted by atomic mass is 35.5. The Morgan fingerprint density at radius 2 is 1.85 bits per heavy atom. The monoisotopic (exact) mass is 561 g/mol. The van der Waals surface area contributed by atoms with Crippen LogP contribution < -0.4 is 9.47 Å². The van der Waals surface area contributed by atoms with Crippen molar-refractivity contribution in [2.24, 2.45) is 0 Å². The van der Waals surface area contributed by atoms with Gasteiger partial charge in [0.1, 0.15) is 11.6 Å². The summed E-state index contributed by atoms with van der Waals surface area (Å²) >= 11 is 6.28. The topological polar surface area (TPSA) is 67.5 Å². The summed E-state index contributed by atoms with van der Waals surface area (Å²) in [5, 5.41) is 0.569. The molecule has 1 fully saturated rings. The Labute approximate surface area is 226 Å². The number of fused-ring (bicyclic) bond motifs is 1. The van der Waals surface area contributed by atoms with Crippen LogP contribution in [-0.4, -0.2) is 40.8 Å². The van der Waals surface area contributed by atoms with Crippen LogP contribution in [0.4, 0.5) is 17.6 Å². The van der Waals surface area contributed by atoms with Crippen LogP contribution in [0.15, 0.2) is 48.5 Å². The standard InChI is InChI=1S/C28H24ClF4N3O3/c1-15-19(29)10-11-20-24(15)35-26(34-20)27(2)13-4-14-36(27)25(37)22-18(9-12-21(38-3)23(22)30)16-5-7-17(8-6-16)39-28(31,32)33/h5-12H,4,13-14H2,1-3H3,(H,34,35)/t27-/m0/s1. The SMILES string of the molecule is COc1ccc(-c2ccc(OC(F)(F)F)cc2)c(C(=O)N2CCC[C@@]2(C)c2nc3c(C)c(Cl)ccc3[nH]2)c1F. The smallest absolute Gasteiger partial charge is 0.494 e. The maximum atomic E-state index is 15.8. The molecule has 0 saturated carbocycles. The van der Waals surface area contributed by atoms with Crippen molar-refractivity contribution >= 4 is 28.5 Å². The predicted octanol–water partition coefficient (Wildman–Crippen LogP) is 7.39. The van der Waals surface area contributed by atoms with Crippen molar-refractivity contribution in [3.8, 4) is 22.6 Å². The fraction of sp³-hybridized carbons (Fsp3) is 0.286. The third-order valence-corrected chi connectivity index (χ3v) is 7.59. The van der Waals surface area contributed by atoms with Crippen molar-refractivity contribution in [3.05, 3.63) is 76.3 Å². The Morgan fingerprint density at radius 1 is 1.13 bits per heavy atom. The van der Waals surface area contributed by atoms with E-state index in [4.69, 9.17) is 21.3 Å². The summed E-state index contributed by atoms with van der Waals surface area (Å²) in [6.45, 7) is 4.08. The minimum atomic E-state index is -4.85. The number of carbonyl (C=O) groups is 1. The Bertz CT molecular complexity index is 1570. The zero-order valence-corrected chi connectivity index (χ0v) is 22.0. The largest absolute Gasteiger partial charge is 0.573 e. The van der Waals surface area contributed by atoms with E-state index < -0.39 is 29.4 Å². The number of imidazole rings is 1. The molecule has 1 aliphatic rings. The number of alkyl halides is 3. The number of nitrogens with one attached hydrogen (secondary N) is 1. The van der Waals surface area contributed by atoms with Crippen LogP contribution in [-0.2, 0) is 5.54 Å². The van der Waals surface area contributed by atoms with Gasteiger partial charge < -0.3 is 19.4 Å². The molecule has 0 spiro atoms. The van der Waals surface area contributed by atoms with E-state index in [2.05, 4.69) is 9.72 Å². The summed E-state index contributed by atoms with van der Waals surface area (Å²) in [7, 11) is 1.29. The molecule has 1 N–H and O–H groups in total. The minimum Gasteiger partial charge on any atom is -0.494 e. The molecule has 39 heavy (non-hydrogen) atoms. The van der Waals surface area contributed by atoms with Crippen LogP contribution in [0.1, 0.15) is 41.5 Å². The van der Waals surface area contributed by atoms with Gasteiger partial charge in [0.05, 0.1) is 29.2 Å². The third kappa shape index (κ3) is 4.78. The Hall–Kier alpha value is -3.79. The lowest BCUT2D eigenvalue weighted by molar-refractivity contribution is -0.274. The fourth-order valence-electron chi connectivity index (χ4n) is 5.11. The molecule has 4 aromatic rings. The van der Waals surface area contributed by atoms with Gasteiger partial charge in [0.25, 0.3) is 5.91 Å². The molecule has 1 amide bonds. The lowest BCUT2D eigenvalue weighted by Gasteiger charge is -2.34. The normalized spacial score (nSPS) is 17.6. The van der Waals surface area contributed by atoms with Crippen molar-refractivity contribution in [2.45, 2.75) is 38.6 Å². The molecular weight excluding hydrogens is 538 g/mol. The van der Waals surface area contributed by atoms with Gasteiger partial charge in [-0.1, -0.05) is 23.7 Å². The van der Waals surface area contributed by atoms with Crippen molar-refractivity contribution in [3.63, 3.8) is 0 Å². The first kappa shape index (κ1) is 26.8. The molecule has 2 heterocycles. The summed E-state index contributed by atoms with van der Waals surface area (Å²) < 4.78 is 62.7. The van der Waals surface area contributed by atoms with Gasteiger partial charge >= 0.3 is 6.36 Å². The molecule has 0 unspecified atom stereocenters. The number of aromatic amines is 1. The number of hydrogen-bond acceptors (Lipinski definition) is 4. The Morgan fingerprint density at radius 3 is 2.51 bits per heavy atom. The number of aromatic nitrogens is 2. The Kier molecular flexibility index (Phi) is 6.70. The van der Waals surface area contributed by atoms with Gasteiger partial charge in [0.15, 0.2) is 11.6 Å². The summed E-state index contributed by atoms with van der Waals surface area (Å²) in [6, 6.07) is 11.4. The summed E-state index contributed by atoms with van der Waals surface area (Å²) in [4.78, 5) is 23.8. The number of aryl methyl sites for hydroxylation is 1. The number of carbonyl (C=O) groups excluding carboxylic acids is 1. The third-order valence-electron chi connectivity index (χ3n) is 7.18. The second-order valence-corrected chi connectivity index (χ2v) is 9.97. The van der Waals surface area contributed by atoms with E-state index in [1.165, 1.54) is 31.4 Å². The van der Waals surface area contributed by atoms with E-state index in [1.54, 1.807) is 11.0 Å². The van der Waals surface area contributed by atoms with Gasteiger partial charge in [-0.05, 0) is 79.8 Å². The molecule has 0 bridgehead atoms. The number of methoxy groups -OCH3 is 1. The lowest BCUT2D eigenvalue weighted by Crippen LogP contribution is -2.44. The van der Waals surface area contributed by atoms with Crippen molar-refractivity contribution < 1.29 is 31.8 Å². The molecule has 11 heteroatoms. The van der Waals surface area contributed by atoms with E-state index in [0.29, 0.717) is 41.3 Å². The van der Waals surface area contributed by atoms with Crippen LogP contribution in [0, 0.1) is 12.7 Å². The van der Waals surface area contributed by atoms with E-state index >= 15 is 4.39 Å². The van der Waals surface area contributed by atoms with E-state index in [9.17, 15) is 18.0 Å². The number of nitrogens with zero attached hydrogens (tertiary/aromatic N) is 2. The molecule has 1 atom stereocenters. The van der Waals surface area contributed by atoms with Gasteiger partial charge in [0.2, 0.25) is 0 Å². The maximum Gasteiger partial charge on any atom is 0.573 e. The lowest BCUT2D eigenvalue weighted by atomic mass is 9.94. The molecular formula is C28H24ClF4N3O3. The van der Waals surface area contributed by atoms with Gasteiger partial charge in [0, 0.05) is 11.6 Å². The zero-order chi connectivity index (χ0) is 28.1. The van der Waals surface area contributed by atoms with E-state index in [-0.39, 0.29) is 16.9 Å². The fourth-order valence-corrected chi connectivity index (χ4v) is 5.27. The first-order valence-corrected chi connectivity index (χ1v) is 12.5. The Balaban J connectivity index is 1.58. The highest BCUT2D eigenvalue weighted by Crippen LogP contribution is 2.42. The summed E-state index contributed by atoms with van der Waals surface area (Å²) in [5.41, 5.74) is 1.67. The first-order chi connectivity index (χ1) is 18.4. The van der Waals surface area contributed by atoms with Gasteiger partial charge in [-0.3, -0.25) is 4.79 Å². The van der Waals surface area contributed by atoms with Crippen molar-refractivity contribution in [1.82, 2.24) is 14.9 Å². The van der Waals surface area contributed by atoms with Crippen LogP contribution in [0.25, 0.3) is 22.2 Å². The van der Waals surface area contributed by atoms with Gasteiger partial charge in [-0.15, -0.1) is 13.2 Å². The number of likely N-dealkylation sites (tertiary alicyclic amines) is 1. The number of benzene rings is 3. The second kappa shape index (κ2) is 9.75. The average molecular weight is 562 g/mol. The van der Waals surface area contributed by atoms with Crippen LogP contribution in [0.3, 0.4) is 0 Å². The number of rotatable bonds is 5. The number of ether oxygens (including phenoxy) is 2. The molecule has 1 aromatic heterocycles. The highest BCUT2D eigenvalue weighted by Gasteiger charge is 2.45. The zero-order valence-electron chi connectivity index (χ0n) is 21.2. The molecule has 0 radical (unpaired) electrons. The number of H-pyrrole nitrogens is 1. The molecule has 0 aliphatic carbocycles. The van der Waals surface area contributed by atoms with Crippen molar-refractivity contribution in [2.75, 3.05) is 13.7 Å². The van der Waals surface area contributed by atoms with Crippen LogP contribution in [0.2, 0.25) is 5.02 Å². The van der Waals surface area contributed by atoms with Gasteiger partial charge in [-0.25, -0.2) is 9.37 Å².